The molecule has 1 aromatic heterocycles. The Kier molecular flexibility index (Phi) is 5.53. The first kappa shape index (κ1) is 18.1. The van der Waals surface area contributed by atoms with Crippen LogP contribution in [0.4, 0.5) is 0 Å². The van der Waals surface area contributed by atoms with Crippen molar-refractivity contribution in [2.75, 3.05) is 0 Å². The number of nitrogens with zero attached hydrogens (tertiary/aromatic N) is 1. The summed E-state index contributed by atoms with van der Waals surface area (Å²) in [5.41, 5.74) is 4.14. The van der Waals surface area contributed by atoms with E-state index in [1.807, 2.05) is 54.6 Å². The Morgan fingerprint density at radius 3 is 2.57 bits per heavy atom. The number of hydrogen-bond donors (Lipinski definition) is 1. The zero-order chi connectivity index (χ0) is 19.2. The van der Waals surface area contributed by atoms with Crippen LogP contribution in [-0.2, 0) is 19.4 Å². The molecule has 1 heterocycles. The molecule has 3 heteroatoms. The van der Waals surface area contributed by atoms with Crippen LogP contribution >= 0.6 is 0 Å². The highest BCUT2D eigenvalue weighted by Crippen LogP contribution is 2.20. The largest absolute Gasteiger partial charge is 0.508 e. The van der Waals surface area contributed by atoms with E-state index in [4.69, 9.17) is 4.74 Å². The van der Waals surface area contributed by atoms with E-state index in [1.54, 1.807) is 6.07 Å². The summed E-state index contributed by atoms with van der Waals surface area (Å²) in [6, 6.07) is 27.9. The summed E-state index contributed by atoms with van der Waals surface area (Å²) in [7, 11) is 0. The summed E-state index contributed by atoms with van der Waals surface area (Å²) in [4.78, 5) is 4.66. The molecule has 0 unspecified atom stereocenters. The molecule has 0 aliphatic rings. The molecule has 0 fully saturated rings. The van der Waals surface area contributed by atoms with Crippen molar-refractivity contribution in [3.63, 3.8) is 0 Å². The van der Waals surface area contributed by atoms with Crippen LogP contribution in [0.3, 0.4) is 0 Å². The van der Waals surface area contributed by atoms with Gasteiger partial charge in [0.2, 0.25) is 0 Å². The first-order valence-electron chi connectivity index (χ1n) is 9.61. The van der Waals surface area contributed by atoms with E-state index >= 15 is 0 Å². The average molecular weight is 369 g/mol. The second kappa shape index (κ2) is 8.57. The molecule has 0 radical (unpaired) electrons. The highest BCUT2D eigenvalue weighted by molar-refractivity contribution is 5.78. The van der Waals surface area contributed by atoms with E-state index in [1.165, 1.54) is 5.56 Å². The minimum Gasteiger partial charge on any atom is -0.508 e. The molecule has 140 valence electrons. The maximum absolute atomic E-state index is 9.87. The lowest BCUT2D eigenvalue weighted by atomic mass is 10.0. The van der Waals surface area contributed by atoms with Crippen molar-refractivity contribution in [2.24, 2.45) is 0 Å². The predicted octanol–water partition coefficient (Wildman–Crippen LogP) is 5.69. The second-order valence-electron chi connectivity index (χ2n) is 6.91. The third kappa shape index (κ3) is 4.49. The van der Waals surface area contributed by atoms with E-state index < -0.39 is 0 Å². The average Bonchev–Trinajstić information content (AvgIpc) is 2.74. The Bertz CT molecular complexity index is 1070. The minimum atomic E-state index is 0.377. The fraction of sp³-hybridized carbons (Fsp3) is 0.160. The maximum Gasteiger partial charge on any atom is 0.130 e. The summed E-state index contributed by atoms with van der Waals surface area (Å²) in [6.45, 7) is 0.451. The highest BCUT2D eigenvalue weighted by atomic mass is 16.5. The van der Waals surface area contributed by atoms with Gasteiger partial charge in [0.05, 0.1) is 11.2 Å². The third-order valence-electron chi connectivity index (χ3n) is 4.84. The predicted molar refractivity (Wildman–Crippen MR) is 113 cm³/mol. The van der Waals surface area contributed by atoms with Gasteiger partial charge in [0.15, 0.2) is 0 Å². The van der Waals surface area contributed by atoms with Crippen molar-refractivity contribution in [2.45, 2.75) is 25.9 Å². The molecule has 28 heavy (non-hydrogen) atoms. The van der Waals surface area contributed by atoms with Gasteiger partial charge >= 0.3 is 0 Å². The fourth-order valence-electron chi connectivity index (χ4n) is 3.34. The van der Waals surface area contributed by atoms with Gasteiger partial charge in [0, 0.05) is 5.39 Å². The van der Waals surface area contributed by atoms with Gasteiger partial charge in [0.25, 0.3) is 0 Å². The molecule has 0 spiro atoms. The number of phenolic OH excluding ortho intramolecular Hbond substituents is 1. The molecule has 0 atom stereocenters. The monoisotopic (exact) mass is 369 g/mol. The van der Waals surface area contributed by atoms with Crippen LogP contribution in [0.2, 0.25) is 0 Å². The number of aryl methyl sites for hydroxylation is 2. The normalized spacial score (nSPS) is 10.9. The van der Waals surface area contributed by atoms with Gasteiger partial charge in [-0.15, -0.1) is 0 Å². The molecule has 1 N–H and O–H groups in total. The number of aromatic hydroxyl groups is 1. The second-order valence-corrected chi connectivity index (χ2v) is 6.91. The van der Waals surface area contributed by atoms with Gasteiger partial charge in [-0.05, 0) is 60.7 Å². The lowest BCUT2D eigenvalue weighted by Gasteiger charge is -2.09. The lowest BCUT2D eigenvalue weighted by Crippen LogP contribution is -1.99. The van der Waals surface area contributed by atoms with Crippen LogP contribution in [-0.4, -0.2) is 10.1 Å². The SMILES string of the molecule is Oc1ccccc1CCCc1cccc(OCc2ccc3ccccc3n2)c1. The van der Waals surface area contributed by atoms with Gasteiger partial charge in [-0.2, -0.15) is 0 Å². The number of benzene rings is 3. The Morgan fingerprint density at radius 1 is 0.786 bits per heavy atom. The summed E-state index contributed by atoms with van der Waals surface area (Å²) in [5, 5.41) is 11.0. The van der Waals surface area contributed by atoms with Crippen LogP contribution in [0.5, 0.6) is 11.5 Å². The molecular formula is C25H23NO2. The standard InChI is InChI=1S/C25H23NO2/c27-25-14-4-2-10-21(25)11-5-7-19-8-6-12-23(17-19)28-18-22-16-15-20-9-1-3-13-24(20)26-22/h1-4,6,8-10,12-17,27H,5,7,11,18H2. The molecule has 4 rings (SSSR count). The Morgan fingerprint density at radius 2 is 1.64 bits per heavy atom. The van der Waals surface area contributed by atoms with E-state index in [0.717, 1.165) is 47.2 Å². The fourth-order valence-corrected chi connectivity index (χ4v) is 3.34. The number of para-hydroxylation sites is 2. The van der Waals surface area contributed by atoms with E-state index in [9.17, 15) is 5.11 Å². The van der Waals surface area contributed by atoms with Crippen molar-refractivity contribution in [3.05, 3.63) is 102 Å². The number of phenols is 1. The first-order chi connectivity index (χ1) is 13.8. The van der Waals surface area contributed by atoms with Crippen molar-refractivity contribution in [1.29, 1.82) is 0 Å². The molecule has 0 amide bonds. The molecule has 0 aliphatic heterocycles. The number of hydrogen-bond acceptors (Lipinski definition) is 3. The number of aromatic nitrogens is 1. The van der Waals surface area contributed by atoms with E-state index in [0.29, 0.717) is 12.4 Å². The molecule has 3 nitrogen and oxygen atoms in total. The van der Waals surface area contributed by atoms with Crippen LogP contribution < -0.4 is 4.74 Å². The van der Waals surface area contributed by atoms with E-state index in [2.05, 4.69) is 29.2 Å². The topological polar surface area (TPSA) is 42.4 Å². The maximum atomic E-state index is 9.87. The van der Waals surface area contributed by atoms with Gasteiger partial charge < -0.3 is 9.84 Å². The van der Waals surface area contributed by atoms with Crippen molar-refractivity contribution >= 4 is 10.9 Å². The van der Waals surface area contributed by atoms with Crippen LogP contribution in [0.25, 0.3) is 10.9 Å². The molecule has 4 aromatic rings. The Balaban J connectivity index is 1.34. The zero-order valence-electron chi connectivity index (χ0n) is 15.7. The highest BCUT2D eigenvalue weighted by Gasteiger charge is 2.03. The molecular weight excluding hydrogens is 346 g/mol. The smallest absolute Gasteiger partial charge is 0.130 e. The number of rotatable bonds is 7. The minimum absolute atomic E-state index is 0.377. The number of pyridine rings is 1. The third-order valence-corrected chi connectivity index (χ3v) is 4.84. The quantitative estimate of drug-likeness (QED) is 0.455. The Labute approximate surface area is 165 Å². The summed E-state index contributed by atoms with van der Waals surface area (Å²) in [5.74, 6) is 1.23. The molecule has 3 aromatic carbocycles. The number of fused-ring (bicyclic) bond motifs is 1. The summed E-state index contributed by atoms with van der Waals surface area (Å²) < 4.78 is 5.96. The molecule has 0 saturated heterocycles. The zero-order valence-corrected chi connectivity index (χ0v) is 15.7. The van der Waals surface area contributed by atoms with Crippen LogP contribution in [0.15, 0.2) is 84.9 Å². The van der Waals surface area contributed by atoms with Crippen LogP contribution in [0.1, 0.15) is 23.2 Å². The Hall–Kier alpha value is -3.33. The molecule has 0 bridgehead atoms. The van der Waals surface area contributed by atoms with Gasteiger partial charge in [-0.1, -0.05) is 54.6 Å². The van der Waals surface area contributed by atoms with Gasteiger partial charge in [0.1, 0.15) is 18.1 Å². The molecule has 0 saturated carbocycles. The first-order valence-corrected chi connectivity index (χ1v) is 9.61. The summed E-state index contributed by atoms with van der Waals surface area (Å²) >= 11 is 0. The van der Waals surface area contributed by atoms with Gasteiger partial charge in [-0.3, -0.25) is 0 Å². The summed E-state index contributed by atoms with van der Waals surface area (Å²) in [6.07, 6.45) is 2.78. The van der Waals surface area contributed by atoms with Crippen molar-refractivity contribution in [3.8, 4) is 11.5 Å². The number of ether oxygens (including phenoxy) is 1. The van der Waals surface area contributed by atoms with Gasteiger partial charge in [-0.25, -0.2) is 4.98 Å². The van der Waals surface area contributed by atoms with Crippen molar-refractivity contribution in [1.82, 2.24) is 4.98 Å². The molecule has 0 aliphatic carbocycles. The van der Waals surface area contributed by atoms with E-state index in [-0.39, 0.29) is 0 Å². The van der Waals surface area contributed by atoms with Crippen molar-refractivity contribution < 1.29 is 9.84 Å². The van der Waals surface area contributed by atoms with Crippen LogP contribution in [0, 0.1) is 0 Å². The lowest BCUT2D eigenvalue weighted by molar-refractivity contribution is 0.301.